The second kappa shape index (κ2) is 16.5. The first kappa shape index (κ1) is 24.6. The summed E-state index contributed by atoms with van der Waals surface area (Å²) < 4.78 is 11.0. The fourth-order valence-corrected chi connectivity index (χ4v) is 3.56. The second-order valence-electron chi connectivity index (χ2n) is 7.69. The van der Waals surface area contributed by atoms with Crippen LogP contribution in [0.25, 0.3) is 0 Å². The molecule has 0 radical (unpaired) electrons. The lowest BCUT2D eigenvalue weighted by Gasteiger charge is -2.20. The van der Waals surface area contributed by atoms with Gasteiger partial charge in [-0.25, -0.2) is 0 Å². The number of rotatable bonds is 17. The average Bonchev–Trinajstić information content (AvgIpc) is 3.04. The standard InChI is InChI=1S/C22H42O5/c1-2-3-4-5-6-7-8-9-10-11-12-13-14-15-16-26-20-18-27-22(21(20)25)19(24)17-23/h2-3,19-25H,4-18H2,1H3/b3-2+/t19-,20+,21-,22-/m0/s1. The number of ether oxygens (including phenoxy) is 2. The van der Waals surface area contributed by atoms with Crippen LogP contribution in [0.15, 0.2) is 12.2 Å². The summed E-state index contributed by atoms with van der Waals surface area (Å²) in [5, 5.41) is 28.5. The van der Waals surface area contributed by atoms with Gasteiger partial charge in [0.2, 0.25) is 0 Å². The van der Waals surface area contributed by atoms with E-state index in [2.05, 4.69) is 19.1 Å². The summed E-state index contributed by atoms with van der Waals surface area (Å²) in [6.07, 6.45) is 16.7. The molecule has 1 aliphatic rings. The highest BCUT2D eigenvalue weighted by atomic mass is 16.6. The molecule has 4 atom stereocenters. The van der Waals surface area contributed by atoms with Crippen molar-refractivity contribution in [3.8, 4) is 0 Å². The van der Waals surface area contributed by atoms with Gasteiger partial charge in [-0.1, -0.05) is 69.9 Å². The van der Waals surface area contributed by atoms with Gasteiger partial charge in [0.15, 0.2) is 0 Å². The Balaban J connectivity index is 1.83. The molecule has 1 fully saturated rings. The van der Waals surface area contributed by atoms with Crippen molar-refractivity contribution in [2.45, 2.75) is 108 Å². The summed E-state index contributed by atoms with van der Waals surface area (Å²) in [6, 6.07) is 0. The zero-order valence-corrected chi connectivity index (χ0v) is 17.2. The molecule has 0 aromatic carbocycles. The van der Waals surface area contributed by atoms with Gasteiger partial charge in [0.05, 0.1) is 13.2 Å². The first-order chi connectivity index (χ1) is 13.2. The molecule has 0 aliphatic carbocycles. The quantitative estimate of drug-likeness (QED) is 0.262. The molecule has 1 heterocycles. The van der Waals surface area contributed by atoms with E-state index < -0.39 is 31.0 Å². The molecule has 27 heavy (non-hydrogen) atoms. The maximum Gasteiger partial charge on any atom is 0.114 e. The van der Waals surface area contributed by atoms with E-state index >= 15 is 0 Å². The molecule has 1 aliphatic heterocycles. The van der Waals surface area contributed by atoms with Gasteiger partial charge in [-0.05, 0) is 26.2 Å². The van der Waals surface area contributed by atoms with E-state index in [0.717, 1.165) is 12.8 Å². The van der Waals surface area contributed by atoms with Crippen molar-refractivity contribution < 1.29 is 24.8 Å². The summed E-state index contributed by atoms with van der Waals surface area (Å²) in [5.41, 5.74) is 0. The maximum atomic E-state index is 10.0. The number of hydrogen-bond donors (Lipinski definition) is 3. The Hall–Kier alpha value is -0.460. The van der Waals surface area contributed by atoms with E-state index in [1.807, 2.05) is 0 Å². The van der Waals surface area contributed by atoms with Crippen LogP contribution in [0.3, 0.4) is 0 Å². The van der Waals surface area contributed by atoms with Crippen molar-refractivity contribution in [3.63, 3.8) is 0 Å². The zero-order chi connectivity index (χ0) is 19.7. The van der Waals surface area contributed by atoms with Crippen LogP contribution in [-0.4, -0.2) is 59.6 Å². The molecule has 1 rings (SSSR count). The lowest BCUT2D eigenvalue weighted by Crippen LogP contribution is -2.41. The van der Waals surface area contributed by atoms with Crippen LogP contribution in [0.2, 0.25) is 0 Å². The Kier molecular flexibility index (Phi) is 15.0. The molecule has 0 spiro atoms. The summed E-state index contributed by atoms with van der Waals surface area (Å²) >= 11 is 0. The summed E-state index contributed by atoms with van der Waals surface area (Å²) in [7, 11) is 0. The highest BCUT2D eigenvalue weighted by Gasteiger charge is 2.40. The number of hydrogen-bond acceptors (Lipinski definition) is 5. The minimum Gasteiger partial charge on any atom is -0.394 e. The Morgan fingerprint density at radius 1 is 0.963 bits per heavy atom. The largest absolute Gasteiger partial charge is 0.394 e. The van der Waals surface area contributed by atoms with Crippen molar-refractivity contribution in [1.29, 1.82) is 0 Å². The van der Waals surface area contributed by atoms with E-state index in [1.54, 1.807) is 0 Å². The molecule has 0 unspecified atom stereocenters. The van der Waals surface area contributed by atoms with Crippen LogP contribution in [0, 0.1) is 0 Å². The van der Waals surface area contributed by atoms with Crippen molar-refractivity contribution in [3.05, 3.63) is 12.2 Å². The predicted molar refractivity (Wildman–Crippen MR) is 109 cm³/mol. The van der Waals surface area contributed by atoms with E-state index in [1.165, 1.54) is 64.2 Å². The fourth-order valence-electron chi connectivity index (χ4n) is 3.56. The molecule has 5 nitrogen and oxygen atoms in total. The molecule has 5 heteroatoms. The topological polar surface area (TPSA) is 79.2 Å². The molecule has 160 valence electrons. The second-order valence-corrected chi connectivity index (χ2v) is 7.69. The van der Waals surface area contributed by atoms with Crippen LogP contribution in [0.1, 0.15) is 84.0 Å². The summed E-state index contributed by atoms with van der Waals surface area (Å²) in [5.74, 6) is 0. The predicted octanol–water partition coefficient (Wildman–Crippen LogP) is 3.74. The minimum atomic E-state index is -1.05. The molecular weight excluding hydrogens is 344 g/mol. The lowest BCUT2D eigenvalue weighted by atomic mass is 10.1. The first-order valence-corrected chi connectivity index (χ1v) is 11.0. The fraction of sp³-hybridized carbons (Fsp3) is 0.909. The van der Waals surface area contributed by atoms with E-state index in [-0.39, 0.29) is 6.61 Å². The lowest BCUT2D eigenvalue weighted by molar-refractivity contribution is -0.0730. The number of aliphatic hydroxyl groups is 3. The highest BCUT2D eigenvalue weighted by Crippen LogP contribution is 2.20. The normalized spacial score (nSPS) is 24.1. The van der Waals surface area contributed by atoms with Gasteiger partial charge in [-0.2, -0.15) is 0 Å². The van der Waals surface area contributed by atoms with Gasteiger partial charge >= 0.3 is 0 Å². The van der Waals surface area contributed by atoms with Gasteiger partial charge in [0, 0.05) is 6.61 Å². The van der Waals surface area contributed by atoms with Crippen LogP contribution in [0.5, 0.6) is 0 Å². The van der Waals surface area contributed by atoms with Crippen molar-refractivity contribution in [2.24, 2.45) is 0 Å². The molecule has 0 saturated carbocycles. The third-order valence-corrected chi connectivity index (χ3v) is 5.32. The highest BCUT2D eigenvalue weighted by molar-refractivity contribution is 4.88. The van der Waals surface area contributed by atoms with E-state index in [9.17, 15) is 10.2 Å². The minimum absolute atomic E-state index is 0.276. The van der Waals surface area contributed by atoms with E-state index in [0.29, 0.717) is 6.61 Å². The summed E-state index contributed by atoms with van der Waals surface area (Å²) in [4.78, 5) is 0. The van der Waals surface area contributed by atoms with Crippen LogP contribution >= 0.6 is 0 Å². The zero-order valence-electron chi connectivity index (χ0n) is 17.2. The first-order valence-electron chi connectivity index (χ1n) is 11.0. The number of aliphatic hydroxyl groups excluding tert-OH is 3. The molecule has 0 aromatic rings. The van der Waals surface area contributed by atoms with Crippen molar-refractivity contribution in [1.82, 2.24) is 0 Å². The Bertz CT molecular complexity index is 361. The van der Waals surface area contributed by atoms with Gasteiger partial charge in [-0.3, -0.25) is 0 Å². The molecule has 1 saturated heterocycles. The molecular formula is C22H42O5. The molecule has 0 amide bonds. The molecule has 0 bridgehead atoms. The van der Waals surface area contributed by atoms with Crippen molar-refractivity contribution >= 4 is 0 Å². The van der Waals surface area contributed by atoms with Gasteiger partial charge in [-0.15, -0.1) is 0 Å². The van der Waals surface area contributed by atoms with Gasteiger partial charge < -0.3 is 24.8 Å². The Morgan fingerprint density at radius 2 is 1.52 bits per heavy atom. The maximum absolute atomic E-state index is 10.0. The number of allylic oxidation sites excluding steroid dienone is 2. The van der Waals surface area contributed by atoms with Crippen LogP contribution in [-0.2, 0) is 9.47 Å². The Labute approximate surface area is 165 Å². The van der Waals surface area contributed by atoms with Gasteiger partial charge in [0.25, 0.3) is 0 Å². The number of unbranched alkanes of at least 4 members (excludes halogenated alkanes) is 11. The SMILES string of the molecule is C/C=C/CCCCCCCCCCCCCO[C@@H]1CO[C@@H]([C@@H](O)CO)[C@H]1O. The van der Waals surface area contributed by atoms with Crippen LogP contribution in [0.4, 0.5) is 0 Å². The van der Waals surface area contributed by atoms with E-state index in [4.69, 9.17) is 14.6 Å². The monoisotopic (exact) mass is 386 g/mol. The van der Waals surface area contributed by atoms with Gasteiger partial charge in [0.1, 0.15) is 24.4 Å². The van der Waals surface area contributed by atoms with Crippen molar-refractivity contribution in [2.75, 3.05) is 19.8 Å². The Morgan fingerprint density at radius 3 is 2.07 bits per heavy atom. The molecule has 0 aromatic heterocycles. The molecule has 3 N–H and O–H groups in total. The third-order valence-electron chi connectivity index (χ3n) is 5.32. The summed E-state index contributed by atoms with van der Waals surface area (Å²) in [6.45, 7) is 2.56. The average molecular weight is 387 g/mol. The van der Waals surface area contributed by atoms with Crippen LogP contribution < -0.4 is 0 Å². The third kappa shape index (κ3) is 11.2. The smallest absolute Gasteiger partial charge is 0.114 e.